The van der Waals surface area contributed by atoms with Gasteiger partial charge >= 0.3 is 0 Å². The Labute approximate surface area is 122 Å². The summed E-state index contributed by atoms with van der Waals surface area (Å²) in [4.78, 5) is 27.1. The van der Waals surface area contributed by atoms with Crippen LogP contribution in [0.2, 0.25) is 0 Å². The number of aromatic nitrogens is 1. The van der Waals surface area contributed by atoms with Crippen LogP contribution in [0.3, 0.4) is 0 Å². The van der Waals surface area contributed by atoms with Crippen LogP contribution < -0.4 is 11.1 Å². The molecule has 0 bridgehead atoms. The summed E-state index contributed by atoms with van der Waals surface area (Å²) in [6.07, 6.45) is 0. The van der Waals surface area contributed by atoms with Gasteiger partial charge in [0.25, 0.3) is 5.91 Å². The summed E-state index contributed by atoms with van der Waals surface area (Å²) in [5, 5.41) is 4.59. The molecule has 0 radical (unpaired) electrons. The van der Waals surface area contributed by atoms with Crippen molar-refractivity contribution in [1.29, 1.82) is 0 Å². The summed E-state index contributed by atoms with van der Waals surface area (Å²) >= 11 is 4.47. The number of halogens is 1. The van der Waals surface area contributed by atoms with Crippen LogP contribution in [0.1, 0.15) is 27.8 Å². The van der Waals surface area contributed by atoms with Gasteiger partial charge in [0.1, 0.15) is 5.69 Å². The molecular formula is C12H10BrN3O2S. The number of nitrogens with two attached hydrogens (primary N) is 1. The minimum Gasteiger partial charge on any atom is -0.398 e. The van der Waals surface area contributed by atoms with Crippen molar-refractivity contribution in [2.45, 2.75) is 6.92 Å². The van der Waals surface area contributed by atoms with E-state index >= 15 is 0 Å². The molecule has 2 rings (SSSR count). The molecular weight excluding hydrogens is 330 g/mol. The quantitative estimate of drug-likeness (QED) is 0.665. The van der Waals surface area contributed by atoms with E-state index in [0.29, 0.717) is 22.1 Å². The third kappa shape index (κ3) is 3.18. The van der Waals surface area contributed by atoms with Gasteiger partial charge in [-0.3, -0.25) is 14.9 Å². The molecule has 1 heterocycles. The van der Waals surface area contributed by atoms with Crippen molar-refractivity contribution in [3.8, 4) is 0 Å². The Kier molecular flexibility index (Phi) is 3.96. The molecule has 3 N–H and O–H groups in total. The number of anilines is 2. The summed E-state index contributed by atoms with van der Waals surface area (Å²) in [6.45, 7) is 1.42. The molecule has 1 amide bonds. The van der Waals surface area contributed by atoms with Crippen LogP contribution >= 0.6 is 27.3 Å². The van der Waals surface area contributed by atoms with Gasteiger partial charge < -0.3 is 5.73 Å². The summed E-state index contributed by atoms with van der Waals surface area (Å²) in [6, 6.07) is 5.00. The minimum atomic E-state index is -0.352. The molecule has 0 fully saturated rings. The Hall–Kier alpha value is -1.73. The zero-order valence-corrected chi connectivity index (χ0v) is 12.3. The summed E-state index contributed by atoms with van der Waals surface area (Å²) in [5.41, 5.74) is 6.84. The van der Waals surface area contributed by atoms with E-state index < -0.39 is 0 Å². The molecule has 19 heavy (non-hydrogen) atoms. The number of carbonyl (C=O) groups is 2. The number of amides is 1. The molecule has 0 aliphatic rings. The Morgan fingerprint density at radius 2 is 2.16 bits per heavy atom. The van der Waals surface area contributed by atoms with Crippen molar-refractivity contribution >= 4 is 49.8 Å². The Morgan fingerprint density at radius 3 is 2.74 bits per heavy atom. The molecule has 1 aromatic heterocycles. The summed E-state index contributed by atoms with van der Waals surface area (Å²) in [5.74, 6) is -0.491. The van der Waals surface area contributed by atoms with Crippen molar-refractivity contribution in [2.24, 2.45) is 0 Å². The lowest BCUT2D eigenvalue weighted by atomic mass is 10.2. The van der Waals surface area contributed by atoms with Gasteiger partial charge in [0, 0.05) is 22.5 Å². The van der Waals surface area contributed by atoms with Gasteiger partial charge in [-0.1, -0.05) is 15.9 Å². The normalized spacial score (nSPS) is 10.2. The first-order chi connectivity index (χ1) is 8.97. The SMILES string of the molecule is CC(=O)c1csc(NC(=O)c2ccc(Br)cc2N)n1. The van der Waals surface area contributed by atoms with Gasteiger partial charge in [-0.2, -0.15) is 0 Å². The number of nitrogen functional groups attached to an aromatic ring is 1. The van der Waals surface area contributed by atoms with Crippen molar-refractivity contribution < 1.29 is 9.59 Å². The number of hydrogen-bond acceptors (Lipinski definition) is 5. The van der Waals surface area contributed by atoms with E-state index in [9.17, 15) is 9.59 Å². The maximum absolute atomic E-state index is 12.0. The molecule has 0 spiro atoms. The number of nitrogens with zero attached hydrogens (tertiary/aromatic N) is 1. The third-order valence-electron chi connectivity index (χ3n) is 2.34. The summed E-state index contributed by atoms with van der Waals surface area (Å²) < 4.78 is 0.801. The molecule has 2 aromatic rings. The first-order valence-electron chi connectivity index (χ1n) is 5.30. The number of nitrogens with one attached hydrogen (secondary N) is 1. The topological polar surface area (TPSA) is 85.1 Å². The number of Topliss-reactive ketones (excluding diaryl/α,β-unsaturated/α-hetero) is 1. The number of rotatable bonds is 3. The second-order valence-electron chi connectivity index (χ2n) is 3.78. The van der Waals surface area contributed by atoms with Crippen LogP contribution in [0.5, 0.6) is 0 Å². The van der Waals surface area contributed by atoms with Gasteiger partial charge in [-0.05, 0) is 18.2 Å². The Morgan fingerprint density at radius 1 is 1.42 bits per heavy atom. The molecule has 0 aliphatic carbocycles. The zero-order chi connectivity index (χ0) is 14.0. The fourth-order valence-corrected chi connectivity index (χ4v) is 2.52. The molecule has 5 nitrogen and oxygen atoms in total. The molecule has 0 aliphatic heterocycles. The van der Waals surface area contributed by atoms with Crippen LogP contribution in [-0.4, -0.2) is 16.7 Å². The zero-order valence-electron chi connectivity index (χ0n) is 9.94. The van der Waals surface area contributed by atoms with E-state index in [-0.39, 0.29) is 11.7 Å². The predicted octanol–water partition coefficient (Wildman–Crippen LogP) is 2.94. The fourth-order valence-electron chi connectivity index (χ4n) is 1.40. The van der Waals surface area contributed by atoms with E-state index in [4.69, 9.17) is 5.73 Å². The average Bonchev–Trinajstić information content (AvgIpc) is 2.77. The first-order valence-corrected chi connectivity index (χ1v) is 6.97. The lowest BCUT2D eigenvalue weighted by molar-refractivity contribution is 0.100. The highest BCUT2D eigenvalue weighted by Gasteiger charge is 2.13. The molecule has 0 saturated carbocycles. The van der Waals surface area contributed by atoms with Gasteiger partial charge in [0.15, 0.2) is 10.9 Å². The molecule has 0 atom stereocenters. The van der Waals surface area contributed by atoms with Crippen LogP contribution in [0, 0.1) is 0 Å². The van der Waals surface area contributed by atoms with E-state index in [2.05, 4.69) is 26.2 Å². The van der Waals surface area contributed by atoms with Crippen LogP contribution in [0.25, 0.3) is 0 Å². The predicted molar refractivity (Wildman–Crippen MR) is 78.6 cm³/mol. The minimum absolute atomic E-state index is 0.139. The molecule has 1 aromatic carbocycles. The second-order valence-corrected chi connectivity index (χ2v) is 5.55. The van der Waals surface area contributed by atoms with Crippen molar-refractivity contribution in [1.82, 2.24) is 4.98 Å². The van der Waals surface area contributed by atoms with Crippen molar-refractivity contribution in [2.75, 3.05) is 11.1 Å². The van der Waals surface area contributed by atoms with Gasteiger partial charge in [-0.25, -0.2) is 4.98 Å². The third-order valence-corrected chi connectivity index (χ3v) is 3.59. The highest BCUT2D eigenvalue weighted by atomic mass is 79.9. The highest BCUT2D eigenvalue weighted by molar-refractivity contribution is 9.10. The largest absolute Gasteiger partial charge is 0.398 e. The number of carbonyl (C=O) groups excluding carboxylic acids is 2. The van der Waals surface area contributed by atoms with Gasteiger partial charge in [0.2, 0.25) is 0 Å². The smallest absolute Gasteiger partial charge is 0.259 e. The van der Waals surface area contributed by atoms with Gasteiger partial charge in [0.05, 0.1) is 5.56 Å². The standard InChI is InChI=1S/C12H10BrN3O2S/c1-6(17)10-5-19-12(15-10)16-11(18)8-3-2-7(13)4-9(8)14/h2-5H,14H2,1H3,(H,15,16,18). The first kappa shape index (κ1) is 13.7. The van der Waals surface area contributed by atoms with E-state index in [1.54, 1.807) is 23.6 Å². The lowest BCUT2D eigenvalue weighted by Crippen LogP contribution is -2.14. The second kappa shape index (κ2) is 5.50. The summed E-state index contributed by atoms with van der Waals surface area (Å²) in [7, 11) is 0. The number of benzene rings is 1. The van der Waals surface area contributed by atoms with E-state index in [0.717, 1.165) is 4.47 Å². The maximum Gasteiger partial charge on any atom is 0.259 e. The molecule has 7 heteroatoms. The Bertz CT molecular complexity index is 654. The molecule has 98 valence electrons. The van der Waals surface area contributed by atoms with Crippen molar-refractivity contribution in [3.63, 3.8) is 0 Å². The van der Waals surface area contributed by atoms with Gasteiger partial charge in [-0.15, -0.1) is 11.3 Å². The monoisotopic (exact) mass is 339 g/mol. The van der Waals surface area contributed by atoms with Crippen LogP contribution in [0.4, 0.5) is 10.8 Å². The maximum atomic E-state index is 12.0. The van der Waals surface area contributed by atoms with Crippen molar-refractivity contribution in [3.05, 3.63) is 39.3 Å². The van der Waals surface area contributed by atoms with E-state index in [1.807, 2.05) is 0 Å². The average molecular weight is 340 g/mol. The number of ketones is 1. The van der Waals surface area contributed by atoms with Crippen LogP contribution in [0.15, 0.2) is 28.1 Å². The number of hydrogen-bond donors (Lipinski definition) is 2. The lowest BCUT2D eigenvalue weighted by Gasteiger charge is -2.05. The number of thiazole rings is 1. The highest BCUT2D eigenvalue weighted by Crippen LogP contribution is 2.21. The van der Waals surface area contributed by atoms with Crippen LogP contribution in [-0.2, 0) is 0 Å². The molecule has 0 saturated heterocycles. The van der Waals surface area contributed by atoms with E-state index in [1.165, 1.54) is 18.3 Å². The molecule has 0 unspecified atom stereocenters. The Balaban J connectivity index is 2.18. The fraction of sp³-hybridized carbons (Fsp3) is 0.0833.